The second-order valence-corrected chi connectivity index (χ2v) is 10.9. The van der Waals surface area contributed by atoms with Gasteiger partial charge in [-0.2, -0.15) is 0 Å². The van der Waals surface area contributed by atoms with Crippen molar-refractivity contribution >= 4 is 62.1 Å². The fraction of sp³-hybridized carbons (Fsp3) is 0.100. The lowest BCUT2D eigenvalue weighted by atomic mass is 10.0. The Labute approximate surface area is 243 Å². The number of benzene rings is 4. The highest BCUT2D eigenvalue weighted by atomic mass is 79.9. The van der Waals surface area contributed by atoms with E-state index < -0.39 is 5.97 Å². The summed E-state index contributed by atoms with van der Waals surface area (Å²) in [6, 6.07) is 26.9. The molecule has 0 spiro atoms. The minimum atomic E-state index is -1.06. The number of ether oxygens (including phenoxy) is 1. The Balaban J connectivity index is 1.53. The van der Waals surface area contributed by atoms with Gasteiger partial charge in [0.05, 0.1) is 0 Å². The first kappa shape index (κ1) is 27.0. The van der Waals surface area contributed by atoms with Gasteiger partial charge >= 0.3 is 5.97 Å². The van der Waals surface area contributed by atoms with Gasteiger partial charge in [-0.15, -0.1) is 10.2 Å². The molecule has 1 heterocycles. The SMILES string of the molecule is CCn1c(S/C(=C\c2c(OCc3ccc(Br)cc3)ccc3ccccc23)C(=O)O)nnc1-c1ccc(Cl)cc1. The third-order valence-electron chi connectivity index (χ3n) is 6.06. The van der Waals surface area contributed by atoms with Crippen LogP contribution in [0.15, 0.2) is 99.5 Å². The molecule has 1 N–H and O–H groups in total. The minimum Gasteiger partial charge on any atom is -0.488 e. The van der Waals surface area contributed by atoms with Gasteiger partial charge in [0.15, 0.2) is 11.0 Å². The average molecular weight is 621 g/mol. The Morgan fingerprint density at radius 1 is 1.03 bits per heavy atom. The van der Waals surface area contributed by atoms with Crippen LogP contribution in [-0.2, 0) is 17.9 Å². The molecule has 0 saturated heterocycles. The van der Waals surface area contributed by atoms with Gasteiger partial charge in [-0.1, -0.05) is 70.0 Å². The Morgan fingerprint density at radius 2 is 1.77 bits per heavy atom. The van der Waals surface area contributed by atoms with Crippen molar-refractivity contribution in [3.8, 4) is 17.1 Å². The first-order valence-electron chi connectivity index (χ1n) is 12.1. The van der Waals surface area contributed by atoms with E-state index >= 15 is 0 Å². The third kappa shape index (κ3) is 6.19. The van der Waals surface area contributed by atoms with Crippen LogP contribution >= 0.6 is 39.3 Å². The molecule has 0 fully saturated rings. The maximum Gasteiger partial charge on any atom is 0.342 e. The zero-order valence-electron chi connectivity index (χ0n) is 20.8. The van der Waals surface area contributed by atoms with Crippen LogP contribution in [0, 0.1) is 0 Å². The molecule has 9 heteroatoms. The summed E-state index contributed by atoms with van der Waals surface area (Å²) in [6.45, 7) is 2.88. The molecule has 1 aromatic heterocycles. The van der Waals surface area contributed by atoms with Crippen LogP contribution in [0.4, 0.5) is 0 Å². The summed E-state index contributed by atoms with van der Waals surface area (Å²) in [7, 11) is 0. The molecule has 196 valence electrons. The van der Waals surface area contributed by atoms with E-state index in [0.717, 1.165) is 38.1 Å². The molecule has 5 rings (SSSR count). The molecule has 0 aliphatic heterocycles. The molecule has 0 atom stereocenters. The first-order valence-corrected chi connectivity index (χ1v) is 14.1. The average Bonchev–Trinajstić information content (AvgIpc) is 3.35. The van der Waals surface area contributed by atoms with Crippen LogP contribution in [0.3, 0.4) is 0 Å². The van der Waals surface area contributed by atoms with Gasteiger partial charge in [0, 0.05) is 27.2 Å². The number of rotatable bonds is 9. The molecule has 0 radical (unpaired) electrons. The van der Waals surface area contributed by atoms with Gasteiger partial charge in [-0.25, -0.2) is 4.79 Å². The second kappa shape index (κ2) is 12.1. The van der Waals surface area contributed by atoms with E-state index in [4.69, 9.17) is 16.3 Å². The molecule has 6 nitrogen and oxygen atoms in total. The summed E-state index contributed by atoms with van der Waals surface area (Å²) in [6.07, 6.45) is 1.66. The lowest BCUT2D eigenvalue weighted by Crippen LogP contribution is -2.03. The predicted molar refractivity (Wildman–Crippen MR) is 160 cm³/mol. The van der Waals surface area contributed by atoms with Gasteiger partial charge in [-0.05, 0) is 83.6 Å². The van der Waals surface area contributed by atoms with Crippen molar-refractivity contribution in [2.75, 3.05) is 0 Å². The number of nitrogens with zero attached hydrogens (tertiary/aromatic N) is 3. The Bertz CT molecular complexity index is 1670. The Kier molecular flexibility index (Phi) is 8.35. The van der Waals surface area contributed by atoms with Gasteiger partial charge in [0.25, 0.3) is 0 Å². The highest BCUT2D eigenvalue weighted by Gasteiger charge is 2.20. The number of carbonyl (C=O) groups is 1. The molecule has 0 bridgehead atoms. The summed E-state index contributed by atoms with van der Waals surface area (Å²) < 4.78 is 9.09. The highest BCUT2D eigenvalue weighted by molar-refractivity contribution is 9.10. The van der Waals surface area contributed by atoms with E-state index in [0.29, 0.717) is 40.5 Å². The molecule has 0 amide bonds. The summed E-state index contributed by atoms with van der Waals surface area (Å²) in [4.78, 5) is 12.6. The molecule has 0 unspecified atom stereocenters. The van der Waals surface area contributed by atoms with Gasteiger partial charge < -0.3 is 14.4 Å². The summed E-state index contributed by atoms with van der Waals surface area (Å²) in [5.41, 5.74) is 2.54. The maximum atomic E-state index is 12.5. The predicted octanol–water partition coefficient (Wildman–Crippen LogP) is 8.33. The van der Waals surface area contributed by atoms with Crippen molar-refractivity contribution in [3.05, 3.63) is 110 Å². The van der Waals surface area contributed by atoms with Crippen LogP contribution < -0.4 is 4.74 Å². The molecular formula is C30H23BrClN3O3S. The van der Waals surface area contributed by atoms with E-state index in [1.165, 1.54) is 0 Å². The zero-order chi connectivity index (χ0) is 27.4. The first-order chi connectivity index (χ1) is 18.9. The summed E-state index contributed by atoms with van der Waals surface area (Å²) in [5, 5.41) is 21.8. The lowest BCUT2D eigenvalue weighted by molar-refractivity contribution is -0.131. The zero-order valence-corrected chi connectivity index (χ0v) is 24.0. The lowest BCUT2D eigenvalue weighted by Gasteiger charge is -2.13. The van der Waals surface area contributed by atoms with Crippen molar-refractivity contribution < 1.29 is 14.6 Å². The van der Waals surface area contributed by atoms with Gasteiger partial charge in [-0.3, -0.25) is 0 Å². The topological polar surface area (TPSA) is 77.2 Å². The number of carboxylic acid groups (broad SMARTS) is 1. The van der Waals surface area contributed by atoms with Crippen LogP contribution in [-0.4, -0.2) is 25.8 Å². The standard InChI is InChI=1S/C30H23BrClN3O3S/c1-2-35-28(21-9-14-23(32)15-10-21)33-34-30(35)39-27(29(36)37)17-25-24-6-4-3-5-20(24)11-16-26(25)38-18-19-7-12-22(31)13-8-19/h3-17H,2,18H2,1H3,(H,36,37)/b27-17-. The smallest absolute Gasteiger partial charge is 0.342 e. The van der Waals surface area contributed by atoms with Crippen molar-refractivity contribution in [3.63, 3.8) is 0 Å². The van der Waals surface area contributed by atoms with E-state index in [2.05, 4.69) is 26.1 Å². The fourth-order valence-electron chi connectivity index (χ4n) is 4.12. The van der Waals surface area contributed by atoms with Crippen LogP contribution in [0.5, 0.6) is 5.75 Å². The fourth-order valence-corrected chi connectivity index (χ4v) is 5.38. The van der Waals surface area contributed by atoms with E-state index in [-0.39, 0.29) is 4.91 Å². The number of hydrogen-bond acceptors (Lipinski definition) is 5. The van der Waals surface area contributed by atoms with E-state index in [9.17, 15) is 9.90 Å². The van der Waals surface area contributed by atoms with Crippen molar-refractivity contribution in [1.29, 1.82) is 0 Å². The summed E-state index contributed by atoms with van der Waals surface area (Å²) in [5.74, 6) is 0.172. The molecule has 0 aliphatic rings. The molecule has 0 saturated carbocycles. The molecule has 39 heavy (non-hydrogen) atoms. The van der Waals surface area contributed by atoms with Crippen molar-refractivity contribution in [2.45, 2.75) is 25.2 Å². The third-order valence-corrected chi connectivity index (χ3v) is 7.84. The van der Waals surface area contributed by atoms with Crippen LogP contribution in [0.2, 0.25) is 5.02 Å². The van der Waals surface area contributed by atoms with Crippen LogP contribution in [0.25, 0.3) is 28.2 Å². The number of carboxylic acids is 1. The van der Waals surface area contributed by atoms with E-state index in [1.807, 2.05) is 84.3 Å². The Hall–Kier alpha value is -3.59. The molecule has 0 aliphatic carbocycles. The summed E-state index contributed by atoms with van der Waals surface area (Å²) >= 11 is 10.6. The number of hydrogen-bond donors (Lipinski definition) is 1. The van der Waals surface area contributed by atoms with Crippen LogP contribution in [0.1, 0.15) is 18.1 Å². The molecule has 5 aromatic rings. The molecular weight excluding hydrogens is 598 g/mol. The van der Waals surface area contributed by atoms with Crippen molar-refractivity contribution in [1.82, 2.24) is 14.8 Å². The number of halogens is 2. The van der Waals surface area contributed by atoms with Crippen molar-refractivity contribution in [2.24, 2.45) is 0 Å². The van der Waals surface area contributed by atoms with E-state index in [1.54, 1.807) is 18.2 Å². The quantitative estimate of drug-likeness (QED) is 0.132. The number of aromatic nitrogens is 3. The van der Waals surface area contributed by atoms with Gasteiger partial charge in [0.1, 0.15) is 17.3 Å². The maximum absolute atomic E-state index is 12.5. The number of thioether (sulfide) groups is 1. The Morgan fingerprint density at radius 3 is 2.49 bits per heavy atom. The molecule has 4 aromatic carbocycles. The monoisotopic (exact) mass is 619 g/mol. The van der Waals surface area contributed by atoms with Gasteiger partial charge in [0.2, 0.25) is 0 Å². The second-order valence-electron chi connectivity index (χ2n) is 8.59. The highest BCUT2D eigenvalue weighted by Crippen LogP contribution is 2.36. The number of fused-ring (bicyclic) bond motifs is 1. The minimum absolute atomic E-state index is 0.101. The normalized spacial score (nSPS) is 11.6. The number of aliphatic carboxylic acids is 1. The largest absolute Gasteiger partial charge is 0.488 e.